The van der Waals surface area contributed by atoms with E-state index in [1.54, 1.807) is 0 Å². The first-order valence-corrected chi connectivity index (χ1v) is 7.04. The molecule has 1 nitrogen and oxygen atoms in total. The minimum absolute atomic E-state index is 0.512. The molecule has 1 aromatic rings. The molecule has 0 radical (unpaired) electrons. The highest BCUT2D eigenvalue weighted by Crippen LogP contribution is 2.29. The van der Waals surface area contributed by atoms with Crippen LogP contribution in [0.2, 0.25) is 0 Å². The second kappa shape index (κ2) is 6.51. The molecule has 0 bridgehead atoms. The summed E-state index contributed by atoms with van der Waals surface area (Å²) >= 11 is 9.45. The Morgan fingerprint density at radius 3 is 2.50 bits per heavy atom. The van der Waals surface area contributed by atoms with Crippen LogP contribution in [0.15, 0.2) is 22.7 Å². The summed E-state index contributed by atoms with van der Waals surface area (Å²) in [6, 6.07) is 6.86. The Balaban J connectivity index is 3.00. The molecular weight excluding hydrogens is 286 g/mol. The highest BCUT2D eigenvalue weighted by Gasteiger charge is 2.12. The summed E-state index contributed by atoms with van der Waals surface area (Å²) in [7, 11) is 0. The number of hydrogen-bond acceptors (Lipinski definition) is 1. The Morgan fingerprint density at radius 1 is 1.38 bits per heavy atom. The largest absolute Gasteiger partial charge is 0.368 e. The molecule has 0 amide bonds. The quantitative estimate of drug-likeness (QED) is 0.705. The summed E-state index contributed by atoms with van der Waals surface area (Å²) in [5.74, 6) is 0.564. The predicted octanol–water partition coefficient (Wildman–Crippen LogP) is 4.81. The van der Waals surface area contributed by atoms with E-state index < -0.39 is 0 Å². The van der Waals surface area contributed by atoms with Crippen molar-refractivity contribution in [2.45, 2.75) is 39.1 Å². The molecule has 16 heavy (non-hydrogen) atoms. The van der Waals surface area contributed by atoms with Crippen molar-refractivity contribution in [2.24, 2.45) is 0 Å². The molecule has 1 rings (SSSR count). The van der Waals surface area contributed by atoms with Crippen molar-refractivity contribution in [3.63, 3.8) is 0 Å². The maximum Gasteiger partial charge on any atom is 0.0513 e. The van der Waals surface area contributed by atoms with Crippen LogP contribution >= 0.6 is 27.5 Å². The topological polar surface area (TPSA) is 3.24 Å². The predicted molar refractivity (Wildman–Crippen MR) is 76.5 cm³/mol. The van der Waals surface area contributed by atoms with Crippen molar-refractivity contribution in [1.29, 1.82) is 0 Å². The summed E-state index contributed by atoms with van der Waals surface area (Å²) in [5.41, 5.74) is 2.41. The summed E-state index contributed by atoms with van der Waals surface area (Å²) in [6.07, 6.45) is 1.15. The molecular formula is C13H19BrClN. The van der Waals surface area contributed by atoms with Crippen molar-refractivity contribution in [2.75, 3.05) is 11.4 Å². The van der Waals surface area contributed by atoms with Crippen LogP contribution < -0.4 is 4.90 Å². The van der Waals surface area contributed by atoms with E-state index in [0.29, 0.717) is 11.9 Å². The van der Waals surface area contributed by atoms with Crippen LogP contribution in [0.3, 0.4) is 0 Å². The van der Waals surface area contributed by atoms with E-state index in [0.717, 1.165) is 23.0 Å². The van der Waals surface area contributed by atoms with Gasteiger partial charge in [0.25, 0.3) is 0 Å². The summed E-state index contributed by atoms with van der Waals surface area (Å²) < 4.78 is 1.13. The number of rotatable bonds is 5. The molecule has 0 aliphatic rings. The Labute approximate surface area is 112 Å². The zero-order valence-electron chi connectivity index (χ0n) is 10.1. The number of anilines is 1. The SMILES string of the molecule is CCCN(c1ccc(CCl)cc1Br)C(C)C. The summed E-state index contributed by atoms with van der Waals surface area (Å²) in [6.45, 7) is 7.72. The van der Waals surface area contributed by atoms with Gasteiger partial charge < -0.3 is 4.90 Å². The molecule has 0 aliphatic heterocycles. The van der Waals surface area contributed by atoms with Crippen LogP contribution in [0.25, 0.3) is 0 Å². The van der Waals surface area contributed by atoms with Crippen molar-refractivity contribution in [3.05, 3.63) is 28.2 Å². The molecule has 0 aliphatic carbocycles. The summed E-state index contributed by atoms with van der Waals surface area (Å²) in [4.78, 5) is 2.40. The lowest BCUT2D eigenvalue weighted by molar-refractivity contribution is 0.670. The van der Waals surface area contributed by atoms with Gasteiger partial charge in [-0.1, -0.05) is 13.0 Å². The van der Waals surface area contributed by atoms with Gasteiger partial charge in [0.05, 0.1) is 5.69 Å². The number of nitrogens with zero attached hydrogens (tertiary/aromatic N) is 1. The van der Waals surface area contributed by atoms with Gasteiger partial charge in [-0.05, 0) is 53.9 Å². The van der Waals surface area contributed by atoms with Gasteiger partial charge in [-0.2, -0.15) is 0 Å². The van der Waals surface area contributed by atoms with Crippen LogP contribution in [0.5, 0.6) is 0 Å². The van der Waals surface area contributed by atoms with E-state index in [1.165, 1.54) is 5.69 Å². The molecule has 0 unspecified atom stereocenters. The summed E-state index contributed by atoms with van der Waals surface area (Å²) in [5, 5.41) is 0. The first-order valence-electron chi connectivity index (χ1n) is 5.71. The van der Waals surface area contributed by atoms with Crippen molar-refractivity contribution in [1.82, 2.24) is 0 Å². The van der Waals surface area contributed by atoms with Gasteiger partial charge >= 0.3 is 0 Å². The van der Waals surface area contributed by atoms with Gasteiger partial charge in [0, 0.05) is 22.9 Å². The molecule has 0 aromatic heterocycles. The van der Waals surface area contributed by atoms with E-state index in [1.807, 2.05) is 0 Å². The fraction of sp³-hybridized carbons (Fsp3) is 0.538. The van der Waals surface area contributed by atoms with Crippen molar-refractivity contribution < 1.29 is 0 Å². The molecule has 0 atom stereocenters. The monoisotopic (exact) mass is 303 g/mol. The van der Waals surface area contributed by atoms with Crippen LogP contribution in [-0.2, 0) is 5.88 Å². The number of benzene rings is 1. The molecule has 90 valence electrons. The number of halogens is 2. The third kappa shape index (κ3) is 3.39. The third-order valence-electron chi connectivity index (χ3n) is 2.56. The fourth-order valence-electron chi connectivity index (χ4n) is 1.76. The molecule has 0 saturated heterocycles. The Morgan fingerprint density at radius 2 is 2.06 bits per heavy atom. The van der Waals surface area contributed by atoms with E-state index >= 15 is 0 Å². The van der Waals surface area contributed by atoms with Gasteiger partial charge in [-0.15, -0.1) is 11.6 Å². The first-order chi connectivity index (χ1) is 7.60. The molecule has 0 fully saturated rings. The normalized spacial score (nSPS) is 10.9. The molecule has 0 spiro atoms. The van der Waals surface area contributed by atoms with Crippen molar-refractivity contribution >= 4 is 33.2 Å². The highest BCUT2D eigenvalue weighted by molar-refractivity contribution is 9.10. The highest BCUT2D eigenvalue weighted by atomic mass is 79.9. The van der Waals surface area contributed by atoms with Crippen LogP contribution in [-0.4, -0.2) is 12.6 Å². The van der Waals surface area contributed by atoms with Gasteiger partial charge in [-0.25, -0.2) is 0 Å². The molecule has 3 heteroatoms. The maximum atomic E-state index is 5.82. The Kier molecular flexibility index (Phi) is 5.63. The van der Waals surface area contributed by atoms with Gasteiger partial charge in [0.15, 0.2) is 0 Å². The van der Waals surface area contributed by atoms with Gasteiger partial charge in [0.1, 0.15) is 0 Å². The van der Waals surface area contributed by atoms with E-state index in [9.17, 15) is 0 Å². The van der Waals surface area contributed by atoms with Crippen LogP contribution in [0.1, 0.15) is 32.8 Å². The average Bonchev–Trinajstić information content (AvgIpc) is 2.26. The molecule has 0 heterocycles. The minimum atomic E-state index is 0.512. The third-order valence-corrected chi connectivity index (χ3v) is 3.51. The fourth-order valence-corrected chi connectivity index (χ4v) is 2.58. The second-order valence-corrected chi connectivity index (χ2v) is 5.33. The smallest absolute Gasteiger partial charge is 0.0513 e. The van der Waals surface area contributed by atoms with E-state index in [-0.39, 0.29) is 0 Å². The lowest BCUT2D eigenvalue weighted by Crippen LogP contribution is -2.31. The van der Waals surface area contributed by atoms with E-state index in [4.69, 9.17) is 11.6 Å². The van der Waals surface area contributed by atoms with E-state index in [2.05, 4.69) is 59.8 Å². The standard InChI is InChI=1S/C13H19BrClN/c1-4-7-16(10(2)3)13-6-5-11(9-15)8-12(13)14/h5-6,8,10H,4,7,9H2,1-3H3. The number of alkyl halides is 1. The number of hydrogen-bond donors (Lipinski definition) is 0. The lowest BCUT2D eigenvalue weighted by Gasteiger charge is -2.29. The van der Waals surface area contributed by atoms with Crippen molar-refractivity contribution in [3.8, 4) is 0 Å². The molecule has 0 saturated carbocycles. The minimum Gasteiger partial charge on any atom is -0.368 e. The zero-order valence-corrected chi connectivity index (χ0v) is 12.5. The average molecular weight is 305 g/mol. The van der Waals surface area contributed by atoms with Gasteiger partial charge in [-0.3, -0.25) is 0 Å². The zero-order chi connectivity index (χ0) is 12.1. The molecule has 0 N–H and O–H groups in total. The first kappa shape index (κ1) is 13.9. The second-order valence-electron chi connectivity index (χ2n) is 4.21. The Hall–Kier alpha value is -0.210. The van der Waals surface area contributed by atoms with Gasteiger partial charge in [0.2, 0.25) is 0 Å². The molecule has 1 aromatic carbocycles. The van der Waals surface area contributed by atoms with Crippen LogP contribution in [0, 0.1) is 0 Å². The lowest BCUT2D eigenvalue weighted by atomic mass is 10.2. The maximum absolute atomic E-state index is 5.82. The van der Waals surface area contributed by atoms with Crippen LogP contribution in [0.4, 0.5) is 5.69 Å². The Bertz CT molecular complexity index is 339.